The van der Waals surface area contributed by atoms with Crippen molar-refractivity contribution in [3.63, 3.8) is 0 Å². The molecule has 1 atom stereocenters. The molecule has 0 aromatic heterocycles. The molecular formula is C24H25ClN2O7S2. The highest BCUT2D eigenvalue weighted by molar-refractivity contribution is 7.91. The van der Waals surface area contributed by atoms with E-state index in [2.05, 4.69) is 5.32 Å². The number of halogens is 1. The molecule has 4 N–H and O–H groups in total. The molecule has 3 aromatic rings. The van der Waals surface area contributed by atoms with Crippen molar-refractivity contribution >= 4 is 37.4 Å². The van der Waals surface area contributed by atoms with Crippen LogP contribution >= 0.6 is 11.6 Å². The lowest BCUT2D eigenvalue weighted by atomic mass is 10.1. The number of aliphatic hydroxyl groups excluding tert-OH is 1. The smallest absolute Gasteiger partial charge is 0.268 e. The Kier molecular flexibility index (Phi) is 8.75. The average molecular weight is 553 g/mol. The SMILES string of the molecule is CS(=O)(=O)NC(=O)c1cc(S(=O)(=O)c2ccc(CCNC[C@@H](O)c3cccc(Cl)c3)cc2)ccc1O. The number of aliphatic hydroxyl groups is 1. The van der Waals surface area contributed by atoms with Crippen LogP contribution in [0.5, 0.6) is 5.75 Å². The number of phenols is 1. The molecule has 0 saturated heterocycles. The molecular weight excluding hydrogens is 528 g/mol. The first kappa shape index (κ1) is 27.6. The number of amides is 1. The van der Waals surface area contributed by atoms with Crippen molar-refractivity contribution in [2.45, 2.75) is 22.3 Å². The summed E-state index contributed by atoms with van der Waals surface area (Å²) in [6, 6.07) is 16.2. The molecule has 3 rings (SSSR count). The van der Waals surface area contributed by atoms with E-state index in [1.54, 1.807) is 41.1 Å². The van der Waals surface area contributed by atoms with Gasteiger partial charge in [0.05, 0.1) is 27.7 Å². The Hall–Kier alpha value is -2.96. The van der Waals surface area contributed by atoms with Crippen molar-refractivity contribution in [2.24, 2.45) is 0 Å². The van der Waals surface area contributed by atoms with Gasteiger partial charge in [0, 0.05) is 11.6 Å². The number of aromatic hydroxyl groups is 1. The number of sulfonamides is 1. The van der Waals surface area contributed by atoms with E-state index in [1.807, 2.05) is 0 Å². The van der Waals surface area contributed by atoms with Crippen molar-refractivity contribution in [2.75, 3.05) is 19.3 Å². The second-order valence-corrected chi connectivity index (χ2v) is 12.2. The largest absolute Gasteiger partial charge is 0.507 e. The Morgan fingerprint density at radius 2 is 1.64 bits per heavy atom. The number of carbonyl (C=O) groups is 1. The molecule has 0 aliphatic heterocycles. The molecule has 0 aliphatic rings. The molecule has 0 fully saturated rings. The molecule has 12 heteroatoms. The number of hydrogen-bond donors (Lipinski definition) is 4. The zero-order valence-corrected chi connectivity index (χ0v) is 21.6. The van der Waals surface area contributed by atoms with E-state index in [9.17, 15) is 31.8 Å². The molecule has 0 spiro atoms. The number of rotatable bonds is 10. The summed E-state index contributed by atoms with van der Waals surface area (Å²) in [4.78, 5) is 11.8. The summed E-state index contributed by atoms with van der Waals surface area (Å²) >= 11 is 5.94. The fourth-order valence-electron chi connectivity index (χ4n) is 3.36. The van der Waals surface area contributed by atoms with Gasteiger partial charge in [0.1, 0.15) is 5.75 Å². The number of sulfone groups is 1. The van der Waals surface area contributed by atoms with E-state index in [0.29, 0.717) is 30.1 Å². The lowest BCUT2D eigenvalue weighted by Gasteiger charge is -2.13. The first-order valence-electron chi connectivity index (χ1n) is 10.7. The number of nitrogens with one attached hydrogen (secondary N) is 2. The van der Waals surface area contributed by atoms with Crippen LogP contribution in [-0.2, 0) is 26.3 Å². The van der Waals surface area contributed by atoms with Gasteiger partial charge < -0.3 is 15.5 Å². The van der Waals surface area contributed by atoms with Crippen LogP contribution in [0.1, 0.15) is 27.6 Å². The molecule has 0 saturated carbocycles. The molecule has 0 radical (unpaired) electrons. The van der Waals surface area contributed by atoms with Gasteiger partial charge in [0.25, 0.3) is 5.91 Å². The fourth-order valence-corrected chi connectivity index (χ4v) is 5.29. The number of carbonyl (C=O) groups excluding carboxylic acids is 1. The van der Waals surface area contributed by atoms with Crippen LogP contribution < -0.4 is 10.0 Å². The molecule has 192 valence electrons. The lowest BCUT2D eigenvalue weighted by Crippen LogP contribution is -2.29. The fraction of sp³-hybridized carbons (Fsp3) is 0.208. The maximum atomic E-state index is 13.0. The zero-order chi connectivity index (χ0) is 26.5. The van der Waals surface area contributed by atoms with Gasteiger partial charge in [-0.05, 0) is 66.6 Å². The molecule has 1 amide bonds. The Balaban J connectivity index is 1.64. The van der Waals surface area contributed by atoms with E-state index < -0.39 is 43.2 Å². The number of benzene rings is 3. The van der Waals surface area contributed by atoms with Gasteiger partial charge >= 0.3 is 0 Å². The van der Waals surface area contributed by atoms with E-state index in [-0.39, 0.29) is 9.79 Å². The van der Waals surface area contributed by atoms with Crippen molar-refractivity contribution in [3.8, 4) is 5.75 Å². The number of hydrogen-bond acceptors (Lipinski definition) is 8. The minimum Gasteiger partial charge on any atom is -0.507 e. The van der Waals surface area contributed by atoms with Crippen LogP contribution in [0.4, 0.5) is 0 Å². The van der Waals surface area contributed by atoms with E-state index in [0.717, 1.165) is 30.0 Å². The van der Waals surface area contributed by atoms with E-state index in [1.165, 1.54) is 12.1 Å². The van der Waals surface area contributed by atoms with Crippen LogP contribution in [0.15, 0.2) is 76.5 Å². The van der Waals surface area contributed by atoms with Gasteiger partial charge in [-0.25, -0.2) is 21.6 Å². The minimum atomic E-state index is -4.04. The third-order valence-electron chi connectivity index (χ3n) is 5.20. The van der Waals surface area contributed by atoms with Crippen LogP contribution in [0.2, 0.25) is 5.02 Å². The monoisotopic (exact) mass is 552 g/mol. The first-order valence-corrected chi connectivity index (χ1v) is 14.5. The predicted octanol–water partition coefficient (Wildman–Crippen LogP) is 2.43. The summed E-state index contributed by atoms with van der Waals surface area (Å²) in [5.41, 5.74) is 1.08. The first-order chi connectivity index (χ1) is 16.9. The lowest BCUT2D eigenvalue weighted by molar-refractivity contribution is 0.0979. The second kappa shape index (κ2) is 11.4. The van der Waals surface area contributed by atoms with E-state index in [4.69, 9.17) is 11.6 Å². The van der Waals surface area contributed by atoms with Crippen LogP contribution in [0, 0.1) is 0 Å². The number of phenolic OH excluding ortho intramolecular Hbond substituents is 1. The van der Waals surface area contributed by atoms with Gasteiger partial charge in [0.15, 0.2) is 0 Å². The minimum absolute atomic E-state index is 0.0317. The van der Waals surface area contributed by atoms with E-state index >= 15 is 0 Å². The molecule has 0 aliphatic carbocycles. The van der Waals surface area contributed by atoms with Gasteiger partial charge in [0.2, 0.25) is 19.9 Å². The summed E-state index contributed by atoms with van der Waals surface area (Å²) in [5.74, 6) is -1.70. The molecule has 36 heavy (non-hydrogen) atoms. The third kappa shape index (κ3) is 7.28. The van der Waals surface area contributed by atoms with Gasteiger partial charge in [-0.1, -0.05) is 35.9 Å². The molecule has 0 unspecified atom stereocenters. The highest BCUT2D eigenvalue weighted by atomic mass is 35.5. The second-order valence-electron chi connectivity index (χ2n) is 8.05. The van der Waals surface area contributed by atoms with Crippen molar-refractivity contribution in [1.29, 1.82) is 0 Å². The summed E-state index contributed by atoms with van der Waals surface area (Å²) in [6.07, 6.45) is 0.629. The normalized spacial score (nSPS) is 12.8. The maximum Gasteiger partial charge on any atom is 0.268 e. The Morgan fingerprint density at radius 3 is 2.28 bits per heavy atom. The van der Waals surface area contributed by atoms with Gasteiger partial charge in [-0.15, -0.1) is 0 Å². The Labute approximate surface area is 214 Å². The Bertz CT molecular complexity index is 1460. The molecule has 3 aromatic carbocycles. The van der Waals surface area contributed by atoms with Crippen LogP contribution in [0.25, 0.3) is 0 Å². The third-order valence-corrected chi connectivity index (χ3v) is 7.75. The zero-order valence-electron chi connectivity index (χ0n) is 19.2. The highest BCUT2D eigenvalue weighted by Gasteiger charge is 2.22. The quantitative estimate of drug-likeness (QED) is 0.280. The topological polar surface area (TPSA) is 150 Å². The van der Waals surface area contributed by atoms with Crippen LogP contribution in [0.3, 0.4) is 0 Å². The molecule has 0 heterocycles. The van der Waals surface area contributed by atoms with Crippen molar-refractivity contribution in [1.82, 2.24) is 10.0 Å². The van der Waals surface area contributed by atoms with Crippen molar-refractivity contribution in [3.05, 3.63) is 88.4 Å². The van der Waals surface area contributed by atoms with Crippen LogP contribution in [-0.4, -0.2) is 52.3 Å². The highest BCUT2D eigenvalue weighted by Crippen LogP contribution is 2.26. The summed E-state index contributed by atoms with van der Waals surface area (Å²) in [5, 5.41) is 23.8. The van der Waals surface area contributed by atoms with Gasteiger partial charge in [-0.2, -0.15) is 0 Å². The summed E-state index contributed by atoms with van der Waals surface area (Å²) in [6.45, 7) is 0.864. The molecule has 9 nitrogen and oxygen atoms in total. The Morgan fingerprint density at radius 1 is 0.972 bits per heavy atom. The van der Waals surface area contributed by atoms with Crippen molar-refractivity contribution < 1.29 is 31.8 Å². The van der Waals surface area contributed by atoms with Gasteiger partial charge in [-0.3, -0.25) is 4.79 Å². The average Bonchev–Trinajstić information content (AvgIpc) is 2.81. The molecule has 0 bridgehead atoms. The summed E-state index contributed by atoms with van der Waals surface area (Å²) < 4.78 is 50.4. The standard InChI is InChI=1S/C24H25ClN2O7S2/c1-35(31,32)27-24(30)21-14-20(9-10-22(21)28)36(33,34)19-7-5-16(6-8-19)11-12-26-15-23(29)17-3-2-4-18(25)13-17/h2-10,13-14,23,26,28-29H,11-12,15H2,1H3,(H,27,30)/t23-/m1/s1. The summed E-state index contributed by atoms with van der Waals surface area (Å²) in [7, 11) is -7.95. The predicted molar refractivity (Wildman–Crippen MR) is 135 cm³/mol. The maximum absolute atomic E-state index is 13.0.